The van der Waals surface area contributed by atoms with Gasteiger partial charge in [0.2, 0.25) is 11.7 Å². The number of nitrogens with zero attached hydrogens (tertiary/aromatic N) is 4. The van der Waals surface area contributed by atoms with Crippen LogP contribution in [-0.2, 0) is 0 Å². The van der Waals surface area contributed by atoms with E-state index < -0.39 is 17.3 Å². The first-order chi connectivity index (χ1) is 11.6. The molecular weight excluding hydrogens is 318 g/mol. The summed E-state index contributed by atoms with van der Waals surface area (Å²) in [5, 5.41) is 9.05. The van der Waals surface area contributed by atoms with Crippen molar-refractivity contribution in [3.63, 3.8) is 0 Å². The molecular formula is C16H8F2N4O2. The van der Waals surface area contributed by atoms with Gasteiger partial charge >= 0.3 is 0 Å². The third-order valence-corrected chi connectivity index (χ3v) is 3.24. The normalized spacial score (nSPS) is 10.3. The molecule has 0 atom stereocenters. The molecule has 3 aromatic rings. The molecule has 0 aliphatic carbocycles. The van der Waals surface area contributed by atoms with Crippen molar-refractivity contribution >= 4 is 5.78 Å². The standard InChI is InChI=1S/C16H8F2N4O2/c1-2-5-24-13-7-12(11(17)6-10(13)9-19)22-15(23)8-14(18)21-4-3-20-16(21)22/h1,3-4,6-8H,5H2. The molecule has 0 bridgehead atoms. The van der Waals surface area contributed by atoms with Gasteiger partial charge in [-0.25, -0.2) is 13.9 Å². The number of ether oxygens (including phenoxy) is 1. The van der Waals surface area contributed by atoms with Crippen molar-refractivity contribution in [2.24, 2.45) is 0 Å². The zero-order chi connectivity index (χ0) is 17.3. The lowest BCUT2D eigenvalue weighted by atomic mass is 10.2. The van der Waals surface area contributed by atoms with Gasteiger partial charge in [-0.3, -0.25) is 9.20 Å². The van der Waals surface area contributed by atoms with Crippen molar-refractivity contribution in [2.45, 2.75) is 0 Å². The predicted octanol–water partition coefficient (Wildman–Crippen LogP) is 1.65. The summed E-state index contributed by atoms with van der Waals surface area (Å²) in [6.07, 6.45) is 7.67. The number of rotatable bonds is 3. The van der Waals surface area contributed by atoms with E-state index in [-0.39, 0.29) is 29.4 Å². The zero-order valence-corrected chi connectivity index (χ0v) is 12.0. The lowest BCUT2D eigenvalue weighted by Crippen LogP contribution is -2.22. The number of benzene rings is 1. The predicted molar refractivity (Wildman–Crippen MR) is 79.7 cm³/mol. The van der Waals surface area contributed by atoms with E-state index in [1.165, 1.54) is 12.4 Å². The molecule has 2 aromatic heterocycles. The molecule has 0 aliphatic heterocycles. The Morgan fingerprint density at radius 2 is 2.12 bits per heavy atom. The highest BCUT2D eigenvalue weighted by Crippen LogP contribution is 2.25. The molecule has 2 heterocycles. The number of halogens is 2. The van der Waals surface area contributed by atoms with Crippen LogP contribution in [0.25, 0.3) is 11.5 Å². The van der Waals surface area contributed by atoms with Crippen LogP contribution in [0.2, 0.25) is 0 Å². The summed E-state index contributed by atoms with van der Waals surface area (Å²) in [6.45, 7) is -0.142. The fourth-order valence-electron chi connectivity index (χ4n) is 2.23. The average Bonchev–Trinajstić information content (AvgIpc) is 3.04. The second-order valence-corrected chi connectivity index (χ2v) is 4.64. The summed E-state index contributed by atoms with van der Waals surface area (Å²) >= 11 is 0. The molecule has 0 saturated heterocycles. The Balaban J connectivity index is 2.31. The van der Waals surface area contributed by atoms with Gasteiger partial charge in [0.1, 0.15) is 24.2 Å². The van der Waals surface area contributed by atoms with E-state index in [2.05, 4.69) is 10.9 Å². The Kier molecular flexibility index (Phi) is 3.72. The first kappa shape index (κ1) is 15.3. The van der Waals surface area contributed by atoms with E-state index in [1.54, 1.807) is 6.07 Å². The van der Waals surface area contributed by atoms with Gasteiger partial charge in [0.15, 0.2) is 0 Å². The molecule has 0 radical (unpaired) electrons. The second kappa shape index (κ2) is 5.86. The molecule has 0 N–H and O–H groups in total. The number of nitriles is 1. The Morgan fingerprint density at radius 3 is 2.83 bits per heavy atom. The van der Waals surface area contributed by atoms with Crippen LogP contribution < -0.4 is 10.3 Å². The number of terminal acetylenes is 1. The fourth-order valence-corrected chi connectivity index (χ4v) is 2.23. The van der Waals surface area contributed by atoms with Gasteiger partial charge < -0.3 is 4.74 Å². The highest BCUT2D eigenvalue weighted by molar-refractivity contribution is 5.54. The quantitative estimate of drug-likeness (QED) is 0.542. The largest absolute Gasteiger partial charge is 0.479 e. The van der Waals surface area contributed by atoms with Crippen molar-refractivity contribution in [1.82, 2.24) is 14.0 Å². The smallest absolute Gasteiger partial charge is 0.262 e. The minimum Gasteiger partial charge on any atom is -0.479 e. The van der Waals surface area contributed by atoms with Crippen molar-refractivity contribution in [1.29, 1.82) is 5.26 Å². The monoisotopic (exact) mass is 326 g/mol. The molecule has 6 nitrogen and oxygen atoms in total. The summed E-state index contributed by atoms with van der Waals surface area (Å²) in [6, 6.07) is 4.55. The Bertz CT molecular complexity index is 1090. The van der Waals surface area contributed by atoms with Gasteiger partial charge in [0, 0.05) is 18.5 Å². The average molecular weight is 326 g/mol. The Hall–Kier alpha value is -3.65. The molecule has 0 amide bonds. The van der Waals surface area contributed by atoms with Crippen molar-refractivity contribution in [3.8, 4) is 29.8 Å². The van der Waals surface area contributed by atoms with Gasteiger partial charge in [0.25, 0.3) is 5.56 Å². The fraction of sp³-hybridized carbons (Fsp3) is 0.0625. The summed E-state index contributed by atoms with van der Waals surface area (Å²) in [7, 11) is 0. The van der Waals surface area contributed by atoms with E-state index >= 15 is 0 Å². The van der Waals surface area contributed by atoms with Gasteiger partial charge in [-0.2, -0.15) is 9.65 Å². The molecule has 3 rings (SSSR count). The highest BCUT2D eigenvalue weighted by Gasteiger charge is 2.17. The first-order valence-electron chi connectivity index (χ1n) is 6.61. The molecule has 0 unspecified atom stereocenters. The highest BCUT2D eigenvalue weighted by atomic mass is 19.1. The maximum absolute atomic E-state index is 14.4. The van der Waals surface area contributed by atoms with Gasteiger partial charge in [-0.1, -0.05) is 5.92 Å². The number of hydrogen-bond acceptors (Lipinski definition) is 4. The molecule has 0 fully saturated rings. The summed E-state index contributed by atoms with van der Waals surface area (Å²) < 4.78 is 35.2. The maximum atomic E-state index is 14.4. The van der Waals surface area contributed by atoms with Crippen molar-refractivity contribution in [2.75, 3.05) is 6.61 Å². The summed E-state index contributed by atoms with van der Waals surface area (Å²) in [5.74, 6) is 0.419. The van der Waals surface area contributed by atoms with Crippen LogP contribution in [0.15, 0.2) is 35.4 Å². The second-order valence-electron chi connectivity index (χ2n) is 4.64. The lowest BCUT2D eigenvalue weighted by Gasteiger charge is -2.12. The molecule has 24 heavy (non-hydrogen) atoms. The molecule has 118 valence electrons. The van der Waals surface area contributed by atoms with Crippen LogP contribution in [0.1, 0.15) is 5.56 Å². The molecule has 8 heteroatoms. The van der Waals surface area contributed by atoms with Crippen LogP contribution in [0.4, 0.5) is 8.78 Å². The minimum absolute atomic E-state index is 0.00720. The van der Waals surface area contributed by atoms with E-state index in [1.807, 2.05) is 0 Å². The van der Waals surface area contributed by atoms with E-state index in [4.69, 9.17) is 16.4 Å². The third-order valence-electron chi connectivity index (χ3n) is 3.24. The van der Waals surface area contributed by atoms with Crippen LogP contribution in [-0.4, -0.2) is 20.6 Å². The minimum atomic E-state index is -0.863. The molecule has 1 aromatic carbocycles. The maximum Gasteiger partial charge on any atom is 0.262 e. The number of hydrogen-bond donors (Lipinski definition) is 0. The van der Waals surface area contributed by atoms with Crippen molar-refractivity contribution < 1.29 is 13.5 Å². The van der Waals surface area contributed by atoms with E-state index in [0.29, 0.717) is 6.07 Å². The first-order valence-corrected chi connectivity index (χ1v) is 6.61. The summed E-state index contributed by atoms with van der Waals surface area (Å²) in [4.78, 5) is 16.0. The van der Waals surface area contributed by atoms with E-state index in [9.17, 15) is 13.6 Å². The van der Waals surface area contributed by atoms with E-state index in [0.717, 1.165) is 21.1 Å². The topological polar surface area (TPSA) is 72.3 Å². The summed E-state index contributed by atoms with van der Waals surface area (Å²) in [5.41, 5.74) is -1.14. The van der Waals surface area contributed by atoms with Crippen LogP contribution in [0.5, 0.6) is 5.75 Å². The van der Waals surface area contributed by atoms with Crippen LogP contribution >= 0.6 is 0 Å². The number of aromatic nitrogens is 3. The zero-order valence-electron chi connectivity index (χ0n) is 12.0. The molecule has 0 saturated carbocycles. The third kappa shape index (κ3) is 2.36. The van der Waals surface area contributed by atoms with Gasteiger partial charge in [-0.05, 0) is 6.07 Å². The van der Waals surface area contributed by atoms with Gasteiger partial charge in [-0.15, -0.1) is 6.42 Å². The molecule has 0 aliphatic rings. The lowest BCUT2D eigenvalue weighted by molar-refractivity contribution is 0.368. The molecule has 0 spiro atoms. The van der Waals surface area contributed by atoms with Crippen molar-refractivity contribution in [3.05, 3.63) is 58.3 Å². The number of imidazole rings is 1. The van der Waals surface area contributed by atoms with Gasteiger partial charge in [0.05, 0.1) is 17.3 Å². The van der Waals surface area contributed by atoms with Crippen LogP contribution in [0.3, 0.4) is 0 Å². The Labute approximate surface area is 134 Å². The SMILES string of the molecule is C#CCOc1cc(-n2c(=O)cc(F)n3ccnc23)c(F)cc1C#N. The Morgan fingerprint density at radius 1 is 1.33 bits per heavy atom. The number of fused-ring (bicyclic) bond motifs is 1. The van der Waals surface area contributed by atoms with Crippen LogP contribution in [0, 0.1) is 35.4 Å².